The third-order valence-corrected chi connectivity index (χ3v) is 5.47. The second-order valence-corrected chi connectivity index (χ2v) is 7.13. The molecule has 1 amide bonds. The van der Waals surface area contributed by atoms with Crippen molar-refractivity contribution < 1.29 is 14.5 Å². The van der Waals surface area contributed by atoms with E-state index < -0.39 is 0 Å². The maximum atomic E-state index is 12.5. The van der Waals surface area contributed by atoms with Crippen LogP contribution in [-0.4, -0.2) is 54.8 Å². The lowest BCUT2D eigenvalue weighted by molar-refractivity contribution is -0.384. The summed E-state index contributed by atoms with van der Waals surface area (Å²) in [5.74, 6) is 1.24. The fraction of sp³-hybridized carbons (Fsp3) is 0.316. The van der Waals surface area contributed by atoms with Gasteiger partial charge in [-0.15, -0.1) is 11.8 Å². The predicted molar refractivity (Wildman–Crippen MR) is 106 cm³/mol. The average molecular weight is 387 g/mol. The Morgan fingerprint density at radius 1 is 1.11 bits per heavy atom. The molecule has 1 aliphatic heterocycles. The molecule has 0 aliphatic carbocycles. The summed E-state index contributed by atoms with van der Waals surface area (Å²) in [6, 6.07) is 14.3. The van der Waals surface area contributed by atoms with Crippen LogP contribution in [0.25, 0.3) is 0 Å². The minimum Gasteiger partial charge on any atom is -0.497 e. The number of hydrogen-bond donors (Lipinski definition) is 0. The van der Waals surface area contributed by atoms with Crippen molar-refractivity contribution in [3.05, 3.63) is 58.6 Å². The Hall–Kier alpha value is -2.74. The molecule has 2 aromatic rings. The molecule has 1 aliphatic rings. The van der Waals surface area contributed by atoms with E-state index in [1.807, 2.05) is 34.1 Å². The van der Waals surface area contributed by atoms with Crippen molar-refractivity contribution in [1.82, 2.24) is 4.90 Å². The van der Waals surface area contributed by atoms with E-state index in [-0.39, 0.29) is 16.5 Å². The Bertz CT molecular complexity index is 805. The molecule has 1 heterocycles. The number of amides is 1. The fourth-order valence-corrected chi connectivity index (χ4v) is 3.79. The number of piperazine rings is 1. The summed E-state index contributed by atoms with van der Waals surface area (Å²) in [5, 5.41) is 11.2. The molecule has 1 saturated heterocycles. The summed E-state index contributed by atoms with van der Waals surface area (Å²) < 4.78 is 5.13. The Morgan fingerprint density at radius 3 is 2.41 bits per heavy atom. The molecule has 0 atom stereocenters. The van der Waals surface area contributed by atoms with Crippen molar-refractivity contribution in [2.75, 3.05) is 43.9 Å². The van der Waals surface area contributed by atoms with Crippen LogP contribution in [0.4, 0.5) is 11.4 Å². The molecule has 2 aromatic carbocycles. The van der Waals surface area contributed by atoms with Gasteiger partial charge in [-0.1, -0.05) is 12.1 Å². The van der Waals surface area contributed by atoms with E-state index in [1.54, 1.807) is 25.3 Å². The molecular formula is C19H21N3O4S. The molecule has 0 saturated carbocycles. The Kier molecular flexibility index (Phi) is 6.18. The van der Waals surface area contributed by atoms with Crippen LogP contribution in [-0.2, 0) is 4.79 Å². The van der Waals surface area contributed by atoms with Gasteiger partial charge in [0.2, 0.25) is 5.91 Å². The first-order chi connectivity index (χ1) is 13.1. The first-order valence-corrected chi connectivity index (χ1v) is 9.60. The van der Waals surface area contributed by atoms with E-state index in [0.717, 1.165) is 10.6 Å². The lowest BCUT2D eigenvalue weighted by Crippen LogP contribution is -2.49. The number of para-hydroxylation sites is 2. The smallest absolute Gasteiger partial charge is 0.292 e. The molecule has 0 unspecified atom stereocenters. The van der Waals surface area contributed by atoms with Crippen molar-refractivity contribution in [2.45, 2.75) is 4.90 Å². The molecule has 0 N–H and O–H groups in total. The van der Waals surface area contributed by atoms with Gasteiger partial charge < -0.3 is 14.5 Å². The topological polar surface area (TPSA) is 75.9 Å². The lowest BCUT2D eigenvalue weighted by atomic mass is 10.2. The maximum Gasteiger partial charge on any atom is 0.292 e. The Balaban J connectivity index is 1.52. The van der Waals surface area contributed by atoms with Gasteiger partial charge in [0.15, 0.2) is 0 Å². The number of hydrogen-bond acceptors (Lipinski definition) is 6. The van der Waals surface area contributed by atoms with Crippen LogP contribution >= 0.6 is 11.8 Å². The fourth-order valence-electron chi connectivity index (χ4n) is 2.99. The molecule has 8 heteroatoms. The van der Waals surface area contributed by atoms with Crippen LogP contribution in [0.1, 0.15) is 0 Å². The number of nitro benzene ring substituents is 1. The molecule has 3 rings (SSSR count). The summed E-state index contributed by atoms with van der Waals surface area (Å²) in [4.78, 5) is 28.1. The van der Waals surface area contributed by atoms with E-state index in [0.29, 0.717) is 37.6 Å². The van der Waals surface area contributed by atoms with Crippen LogP contribution in [0.5, 0.6) is 5.75 Å². The second kappa shape index (κ2) is 8.77. The third-order valence-electron chi connectivity index (χ3n) is 4.47. The molecule has 1 fully saturated rings. The van der Waals surface area contributed by atoms with Gasteiger partial charge in [0.05, 0.1) is 17.8 Å². The van der Waals surface area contributed by atoms with Gasteiger partial charge >= 0.3 is 0 Å². The van der Waals surface area contributed by atoms with E-state index in [9.17, 15) is 14.9 Å². The van der Waals surface area contributed by atoms with Crippen molar-refractivity contribution in [3.63, 3.8) is 0 Å². The minimum atomic E-state index is -0.363. The van der Waals surface area contributed by atoms with Crippen molar-refractivity contribution >= 4 is 29.0 Å². The van der Waals surface area contributed by atoms with Crippen LogP contribution < -0.4 is 9.64 Å². The van der Waals surface area contributed by atoms with Crippen LogP contribution in [0.15, 0.2) is 53.4 Å². The number of carbonyl (C=O) groups excluding carboxylic acids is 1. The number of benzene rings is 2. The number of nitrogens with zero attached hydrogens (tertiary/aromatic N) is 3. The van der Waals surface area contributed by atoms with Gasteiger partial charge in [-0.05, 0) is 30.3 Å². The zero-order valence-corrected chi connectivity index (χ0v) is 15.9. The van der Waals surface area contributed by atoms with Gasteiger partial charge in [-0.25, -0.2) is 0 Å². The number of ether oxygens (including phenoxy) is 1. The Morgan fingerprint density at radius 2 is 1.78 bits per heavy atom. The molecular weight excluding hydrogens is 366 g/mol. The van der Waals surface area contributed by atoms with Gasteiger partial charge in [-0.2, -0.15) is 0 Å². The molecule has 0 bridgehead atoms. The SMILES string of the molecule is COc1ccc(SCC(=O)N2CCN(c3ccccc3[N+](=O)[O-])CC2)cc1. The number of carbonyl (C=O) groups is 1. The number of thioether (sulfide) groups is 1. The Labute approximate surface area is 162 Å². The monoisotopic (exact) mass is 387 g/mol. The van der Waals surface area contributed by atoms with Gasteiger partial charge in [0, 0.05) is 37.1 Å². The van der Waals surface area contributed by atoms with Gasteiger partial charge in [-0.3, -0.25) is 14.9 Å². The van der Waals surface area contributed by atoms with Crippen molar-refractivity contribution in [2.24, 2.45) is 0 Å². The zero-order valence-electron chi connectivity index (χ0n) is 15.0. The molecule has 0 aromatic heterocycles. The highest BCUT2D eigenvalue weighted by atomic mass is 32.2. The van der Waals surface area contributed by atoms with Gasteiger partial charge in [0.1, 0.15) is 11.4 Å². The first kappa shape index (κ1) is 19.0. The highest BCUT2D eigenvalue weighted by molar-refractivity contribution is 8.00. The first-order valence-electron chi connectivity index (χ1n) is 8.61. The third kappa shape index (κ3) is 4.71. The second-order valence-electron chi connectivity index (χ2n) is 6.08. The van der Waals surface area contributed by atoms with E-state index in [2.05, 4.69) is 0 Å². The quantitative estimate of drug-likeness (QED) is 0.431. The van der Waals surface area contributed by atoms with E-state index in [4.69, 9.17) is 4.74 Å². The number of nitro groups is 1. The van der Waals surface area contributed by atoms with Crippen molar-refractivity contribution in [1.29, 1.82) is 0 Å². The molecule has 0 radical (unpaired) electrons. The predicted octanol–water partition coefficient (Wildman–Crippen LogP) is 3.04. The normalized spacial score (nSPS) is 14.1. The van der Waals surface area contributed by atoms with E-state index in [1.165, 1.54) is 17.8 Å². The zero-order chi connectivity index (χ0) is 19.2. The molecule has 0 spiro atoms. The van der Waals surface area contributed by atoms with Gasteiger partial charge in [0.25, 0.3) is 5.69 Å². The average Bonchev–Trinajstić information content (AvgIpc) is 2.72. The number of anilines is 1. The maximum absolute atomic E-state index is 12.5. The molecule has 27 heavy (non-hydrogen) atoms. The van der Waals surface area contributed by atoms with Crippen LogP contribution in [0.3, 0.4) is 0 Å². The van der Waals surface area contributed by atoms with Crippen LogP contribution in [0.2, 0.25) is 0 Å². The lowest BCUT2D eigenvalue weighted by Gasteiger charge is -2.35. The summed E-state index contributed by atoms with van der Waals surface area (Å²) in [5.41, 5.74) is 0.717. The largest absolute Gasteiger partial charge is 0.497 e. The number of methoxy groups -OCH3 is 1. The van der Waals surface area contributed by atoms with Crippen LogP contribution in [0, 0.1) is 10.1 Å². The molecule has 142 valence electrons. The molecule has 7 nitrogen and oxygen atoms in total. The highest BCUT2D eigenvalue weighted by Crippen LogP contribution is 2.28. The van der Waals surface area contributed by atoms with Crippen molar-refractivity contribution in [3.8, 4) is 5.75 Å². The summed E-state index contributed by atoms with van der Waals surface area (Å²) in [6.07, 6.45) is 0. The summed E-state index contributed by atoms with van der Waals surface area (Å²) >= 11 is 1.50. The van der Waals surface area contributed by atoms with E-state index >= 15 is 0 Å². The minimum absolute atomic E-state index is 0.0815. The summed E-state index contributed by atoms with van der Waals surface area (Å²) in [6.45, 7) is 2.30. The highest BCUT2D eigenvalue weighted by Gasteiger charge is 2.25. The standard InChI is InChI=1S/C19H21N3O4S/c1-26-15-6-8-16(9-7-15)27-14-19(23)21-12-10-20(11-13-21)17-4-2-3-5-18(17)22(24)25/h2-9H,10-14H2,1H3. The summed E-state index contributed by atoms with van der Waals surface area (Å²) in [7, 11) is 1.62. The number of rotatable bonds is 6.